The molecular formula is C21H18N4OS. The average Bonchev–Trinajstić information content (AvgIpc) is 3.06. The Balaban J connectivity index is 1.75. The molecule has 27 heavy (non-hydrogen) atoms. The first-order chi connectivity index (χ1) is 13.3. The Morgan fingerprint density at radius 1 is 1.07 bits per heavy atom. The van der Waals surface area contributed by atoms with Crippen LogP contribution in [0.3, 0.4) is 0 Å². The van der Waals surface area contributed by atoms with Gasteiger partial charge < -0.3 is 4.74 Å². The number of H-pyrrole nitrogens is 1. The Bertz CT molecular complexity index is 1160. The van der Waals surface area contributed by atoms with Crippen molar-refractivity contribution < 1.29 is 4.74 Å². The zero-order chi connectivity index (χ0) is 18.6. The summed E-state index contributed by atoms with van der Waals surface area (Å²) >= 11 is 5.36. The first kappa shape index (κ1) is 17.2. The van der Waals surface area contributed by atoms with Crippen molar-refractivity contribution in [1.82, 2.24) is 14.9 Å². The van der Waals surface area contributed by atoms with Gasteiger partial charge in [0.05, 0.1) is 13.3 Å². The first-order valence-corrected chi connectivity index (χ1v) is 8.97. The molecule has 0 radical (unpaired) electrons. The predicted octanol–water partition coefficient (Wildman–Crippen LogP) is 4.58. The lowest BCUT2D eigenvalue weighted by Gasteiger charge is -2.08. The molecular weight excluding hydrogens is 356 g/mol. The lowest BCUT2D eigenvalue weighted by molar-refractivity contribution is 0.415. The van der Waals surface area contributed by atoms with Crippen molar-refractivity contribution in [2.24, 2.45) is 5.10 Å². The largest absolute Gasteiger partial charge is 0.496 e. The number of fused-ring (bicyclic) bond motifs is 1. The predicted molar refractivity (Wildman–Crippen MR) is 110 cm³/mol. The molecule has 1 aromatic heterocycles. The highest BCUT2D eigenvalue weighted by Gasteiger charge is 2.09. The van der Waals surface area contributed by atoms with Gasteiger partial charge in [0.2, 0.25) is 4.77 Å². The molecule has 4 aromatic rings. The van der Waals surface area contributed by atoms with E-state index in [4.69, 9.17) is 17.0 Å². The molecule has 0 aliphatic heterocycles. The Hall–Kier alpha value is -3.25. The number of rotatable bonds is 5. The Labute approximate surface area is 161 Å². The summed E-state index contributed by atoms with van der Waals surface area (Å²) in [6, 6.07) is 22.2. The van der Waals surface area contributed by atoms with Gasteiger partial charge in [0.25, 0.3) is 0 Å². The first-order valence-electron chi connectivity index (χ1n) is 8.56. The topological polar surface area (TPSA) is 55.2 Å². The van der Waals surface area contributed by atoms with Crippen LogP contribution in [-0.2, 0) is 6.42 Å². The number of nitrogens with zero attached hydrogens (tertiary/aromatic N) is 3. The second-order valence-electron chi connectivity index (χ2n) is 6.07. The van der Waals surface area contributed by atoms with Crippen LogP contribution in [0.5, 0.6) is 5.75 Å². The fourth-order valence-electron chi connectivity index (χ4n) is 3.04. The van der Waals surface area contributed by atoms with Crippen LogP contribution in [-0.4, -0.2) is 28.2 Å². The molecule has 0 saturated heterocycles. The van der Waals surface area contributed by atoms with Gasteiger partial charge in [-0.2, -0.15) is 14.9 Å². The maximum Gasteiger partial charge on any atom is 0.216 e. The summed E-state index contributed by atoms with van der Waals surface area (Å²) < 4.78 is 7.64. The summed E-state index contributed by atoms with van der Waals surface area (Å²) in [5.74, 6) is 1.51. The van der Waals surface area contributed by atoms with Gasteiger partial charge in [-0.1, -0.05) is 60.7 Å². The smallest absolute Gasteiger partial charge is 0.216 e. The highest BCUT2D eigenvalue weighted by molar-refractivity contribution is 7.71. The summed E-state index contributed by atoms with van der Waals surface area (Å²) in [6.07, 6.45) is 2.42. The Morgan fingerprint density at radius 2 is 1.85 bits per heavy atom. The molecule has 0 spiro atoms. The third-order valence-electron chi connectivity index (χ3n) is 4.38. The van der Waals surface area contributed by atoms with Gasteiger partial charge in [-0.05, 0) is 34.6 Å². The zero-order valence-corrected chi connectivity index (χ0v) is 15.6. The molecule has 0 saturated carbocycles. The van der Waals surface area contributed by atoms with E-state index in [2.05, 4.69) is 39.6 Å². The van der Waals surface area contributed by atoms with Crippen molar-refractivity contribution in [3.05, 3.63) is 88.5 Å². The lowest BCUT2D eigenvalue weighted by atomic mass is 10.0. The number of nitrogens with one attached hydrogen (secondary N) is 1. The number of aromatic amines is 1. The Morgan fingerprint density at radius 3 is 2.67 bits per heavy atom. The van der Waals surface area contributed by atoms with Gasteiger partial charge in [0.1, 0.15) is 5.75 Å². The Kier molecular flexibility index (Phi) is 4.80. The van der Waals surface area contributed by atoms with E-state index in [1.165, 1.54) is 0 Å². The van der Waals surface area contributed by atoms with Crippen LogP contribution >= 0.6 is 12.2 Å². The fraction of sp³-hybridized carbons (Fsp3) is 0.0952. The molecule has 0 amide bonds. The molecule has 0 bridgehead atoms. The summed E-state index contributed by atoms with van der Waals surface area (Å²) in [6.45, 7) is 0. The van der Waals surface area contributed by atoms with E-state index in [1.807, 2.05) is 42.5 Å². The van der Waals surface area contributed by atoms with E-state index in [0.717, 1.165) is 33.5 Å². The summed E-state index contributed by atoms with van der Waals surface area (Å²) in [5.41, 5.74) is 2.05. The molecule has 1 N–H and O–H groups in total. The van der Waals surface area contributed by atoms with Gasteiger partial charge in [-0.15, -0.1) is 0 Å². The second-order valence-corrected chi connectivity index (χ2v) is 6.45. The van der Waals surface area contributed by atoms with Crippen LogP contribution in [0.1, 0.15) is 17.0 Å². The second kappa shape index (κ2) is 7.55. The molecule has 5 nitrogen and oxygen atoms in total. The summed E-state index contributed by atoms with van der Waals surface area (Å²) in [7, 11) is 1.66. The van der Waals surface area contributed by atoms with Crippen molar-refractivity contribution in [3.63, 3.8) is 0 Å². The molecule has 134 valence electrons. The van der Waals surface area contributed by atoms with E-state index in [1.54, 1.807) is 18.0 Å². The quantitative estimate of drug-likeness (QED) is 0.411. The minimum Gasteiger partial charge on any atom is -0.496 e. The normalized spacial score (nSPS) is 11.3. The van der Waals surface area contributed by atoms with Crippen LogP contribution in [0.15, 0.2) is 71.8 Å². The number of ether oxygens (including phenoxy) is 1. The van der Waals surface area contributed by atoms with Gasteiger partial charge in [-0.25, -0.2) is 0 Å². The molecule has 6 heteroatoms. The maximum absolute atomic E-state index is 5.53. The highest BCUT2D eigenvalue weighted by atomic mass is 32.1. The number of aromatic nitrogens is 3. The number of hydrogen-bond acceptors (Lipinski definition) is 4. The molecule has 1 heterocycles. The van der Waals surface area contributed by atoms with E-state index in [0.29, 0.717) is 11.2 Å². The van der Waals surface area contributed by atoms with E-state index in [9.17, 15) is 0 Å². The number of hydrogen-bond donors (Lipinski definition) is 1. The standard InChI is InChI=1S/C21H18N4OS/c1-26-19-12-11-16-9-5-6-10-17(16)18(19)14-22-25-20(23-24-21(25)27)13-15-7-3-2-4-8-15/h2-12,14H,13H2,1H3,(H,24,27)/b22-14-. The van der Waals surface area contributed by atoms with Gasteiger partial charge in [0.15, 0.2) is 5.82 Å². The van der Waals surface area contributed by atoms with E-state index < -0.39 is 0 Å². The monoisotopic (exact) mass is 374 g/mol. The minimum atomic E-state index is 0.455. The summed E-state index contributed by atoms with van der Waals surface area (Å²) in [5, 5.41) is 14.0. The SMILES string of the molecule is COc1ccc2ccccc2c1/C=N\n1c(Cc2ccccc2)n[nH]c1=S. The molecule has 0 aliphatic carbocycles. The van der Waals surface area contributed by atoms with E-state index in [-0.39, 0.29) is 0 Å². The molecule has 0 aliphatic rings. The molecule has 0 atom stereocenters. The minimum absolute atomic E-state index is 0.455. The van der Waals surface area contributed by atoms with Gasteiger partial charge in [0, 0.05) is 12.0 Å². The number of benzene rings is 3. The van der Waals surface area contributed by atoms with Crippen LogP contribution < -0.4 is 4.74 Å². The van der Waals surface area contributed by atoms with Crippen molar-refractivity contribution in [2.75, 3.05) is 7.11 Å². The van der Waals surface area contributed by atoms with Crippen LogP contribution in [0.25, 0.3) is 10.8 Å². The summed E-state index contributed by atoms with van der Waals surface area (Å²) in [4.78, 5) is 0. The van der Waals surface area contributed by atoms with Crippen LogP contribution in [0.4, 0.5) is 0 Å². The van der Waals surface area contributed by atoms with E-state index >= 15 is 0 Å². The molecule has 0 unspecified atom stereocenters. The molecule has 3 aromatic carbocycles. The van der Waals surface area contributed by atoms with Crippen LogP contribution in [0.2, 0.25) is 0 Å². The zero-order valence-electron chi connectivity index (χ0n) is 14.8. The van der Waals surface area contributed by atoms with Crippen LogP contribution in [0, 0.1) is 4.77 Å². The van der Waals surface area contributed by atoms with Gasteiger partial charge in [-0.3, -0.25) is 5.10 Å². The molecule has 0 fully saturated rings. The fourth-order valence-corrected chi connectivity index (χ4v) is 3.24. The van der Waals surface area contributed by atoms with Crippen molar-refractivity contribution in [3.8, 4) is 5.75 Å². The van der Waals surface area contributed by atoms with Gasteiger partial charge >= 0.3 is 0 Å². The van der Waals surface area contributed by atoms with Crippen molar-refractivity contribution >= 4 is 29.2 Å². The van der Waals surface area contributed by atoms with Crippen molar-refractivity contribution in [2.45, 2.75) is 6.42 Å². The highest BCUT2D eigenvalue weighted by Crippen LogP contribution is 2.26. The number of methoxy groups -OCH3 is 1. The van der Waals surface area contributed by atoms with Crippen molar-refractivity contribution in [1.29, 1.82) is 0 Å². The average molecular weight is 374 g/mol. The third kappa shape index (κ3) is 3.52. The maximum atomic E-state index is 5.53. The third-order valence-corrected chi connectivity index (χ3v) is 4.64. The lowest BCUT2D eigenvalue weighted by Crippen LogP contribution is -2.01. The molecule has 4 rings (SSSR count).